The van der Waals surface area contributed by atoms with Crippen LogP contribution in [0.15, 0.2) is 18.3 Å². The highest BCUT2D eigenvalue weighted by Crippen LogP contribution is 2.19. The summed E-state index contributed by atoms with van der Waals surface area (Å²) in [6, 6.07) is 3.52. The quantitative estimate of drug-likeness (QED) is 0.835. The number of amides is 1. The van der Waals surface area contributed by atoms with Crippen molar-refractivity contribution in [2.24, 2.45) is 0 Å². The molecule has 0 spiro atoms. The lowest BCUT2D eigenvalue weighted by atomic mass is 9.94. The molecule has 2 N–H and O–H groups in total. The van der Waals surface area contributed by atoms with Gasteiger partial charge in [0.2, 0.25) is 0 Å². The molecule has 1 aromatic heterocycles. The average molecular weight is 279 g/mol. The highest BCUT2D eigenvalue weighted by atomic mass is 16.5. The van der Waals surface area contributed by atoms with Gasteiger partial charge in [0.25, 0.3) is 5.91 Å². The smallest absolute Gasteiger partial charge is 0.252 e. The van der Waals surface area contributed by atoms with Gasteiger partial charge in [0.15, 0.2) is 0 Å². The highest BCUT2D eigenvalue weighted by molar-refractivity contribution is 5.94. The van der Waals surface area contributed by atoms with Gasteiger partial charge in [-0.15, -0.1) is 0 Å². The zero-order chi connectivity index (χ0) is 14.6. The Balaban J connectivity index is 1.91. The van der Waals surface area contributed by atoms with Crippen LogP contribution in [0.4, 0.5) is 5.82 Å². The average Bonchev–Trinajstić information content (AvgIpc) is 2.46. The predicted molar refractivity (Wildman–Crippen MR) is 75.9 cm³/mol. The lowest BCUT2D eigenvalue weighted by molar-refractivity contribution is -0.0605. The summed E-state index contributed by atoms with van der Waals surface area (Å²) in [5, 5.41) is 13.0. The molecule has 110 valence electrons. The fourth-order valence-electron chi connectivity index (χ4n) is 2.06. The van der Waals surface area contributed by atoms with E-state index in [0.29, 0.717) is 31.6 Å². The van der Waals surface area contributed by atoms with Crippen molar-refractivity contribution in [3.05, 3.63) is 23.9 Å². The Morgan fingerprint density at radius 1 is 1.45 bits per heavy atom. The zero-order valence-electron chi connectivity index (χ0n) is 11.9. The van der Waals surface area contributed by atoms with Crippen molar-refractivity contribution >= 4 is 11.7 Å². The molecule has 0 atom stereocenters. The molecule has 0 unspecified atom stereocenters. The van der Waals surface area contributed by atoms with Crippen LogP contribution in [0.25, 0.3) is 0 Å². The monoisotopic (exact) mass is 279 g/mol. The number of ether oxygens (including phenoxy) is 1. The Bertz CT molecular complexity index is 453. The SMILES string of the molecule is CN(C)c1ccc(C(=O)NCC2(O)CCOCC2)cn1. The third kappa shape index (κ3) is 3.68. The number of anilines is 1. The molecule has 0 bridgehead atoms. The van der Waals surface area contributed by atoms with E-state index in [1.807, 2.05) is 19.0 Å². The van der Waals surface area contributed by atoms with E-state index in [1.54, 1.807) is 18.3 Å². The minimum absolute atomic E-state index is 0.220. The van der Waals surface area contributed by atoms with Crippen LogP contribution in [0.2, 0.25) is 0 Å². The van der Waals surface area contributed by atoms with Crippen LogP contribution in [-0.4, -0.2) is 55.5 Å². The van der Waals surface area contributed by atoms with Gasteiger partial charge >= 0.3 is 0 Å². The Labute approximate surface area is 118 Å². The molecule has 0 saturated carbocycles. The summed E-state index contributed by atoms with van der Waals surface area (Å²) in [7, 11) is 3.78. The zero-order valence-corrected chi connectivity index (χ0v) is 11.9. The number of nitrogens with one attached hydrogen (secondary N) is 1. The lowest BCUT2D eigenvalue weighted by Gasteiger charge is -2.32. The number of carbonyl (C=O) groups is 1. The highest BCUT2D eigenvalue weighted by Gasteiger charge is 2.30. The summed E-state index contributed by atoms with van der Waals surface area (Å²) in [5.74, 6) is 0.576. The first kappa shape index (κ1) is 14.7. The molecule has 2 rings (SSSR count). The van der Waals surface area contributed by atoms with E-state index in [-0.39, 0.29) is 12.5 Å². The molecular weight excluding hydrogens is 258 g/mol. The summed E-state index contributed by atoms with van der Waals surface area (Å²) >= 11 is 0. The van der Waals surface area contributed by atoms with E-state index in [2.05, 4.69) is 10.3 Å². The summed E-state index contributed by atoms with van der Waals surface area (Å²) in [5.41, 5.74) is -0.364. The standard InChI is InChI=1S/C14H21N3O3/c1-17(2)12-4-3-11(9-15-12)13(18)16-10-14(19)5-7-20-8-6-14/h3-4,9,19H,5-8,10H2,1-2H3,(H,16,18). The van der Waals surface area contributed by atoms with Crippen molar-refractivity contribution in [2.45, 2.75) is 18.4 Å². The van der Waals surface area contributed by atoms with Crippen molar-refractivity contribution in [3.63, 3.8) is 0 Å². The normalized spacial score (nSPS) is 17.6. The van der Waals surface area contributed by atoms with Crippen molar-refractivity contribution in [1.82, 2.24) is 10.3 Å². The number of aliphatic hydroxyl groups is 1. The number of hydrogen-bond donors (Lipinski definition) is 2. The van der Waals surface area contributed by atoms with Gasteiger partial charge in [0, 0.05) is 52.9 Å². The summed E-state index contributed by atoms with van der Waals surface area (Å²) in [6.45, 7) is 1.31. The molecule has 1 aliphatic heterocycles. The van der Waals surface area contributed by atoms with Gasteiger partial charge in [-0.2, -0.15) is 0 Å². The van der Waals surface area contributed by atoms with Crippen LogP contribution in [0, 0.1) is 0 Å². The van der Waals surface area contributed by atoms with Gasteiger partial charge in [-0.05, 0) is 12.1 Å². The first-order chi connectivity index (χ1) is 9.50. The van der Waals surface area contributed by atoms with Crippen molar-refractivity contribution in [2.75, 3.05) is 38.8 Å². The number of hydrogen-bond acceptors (Lipinski definition) is 5. The molecule has 1 aliphatic rings. The molecule has 0 aliphatic carbocycles. The van der Waals surface area contributed by atoms with Gasteiger partial charge in [0.05, 0.1) is 11.2 Å². The maximum atomic E-state index is 12.0. The Kier molecular flexibility index (Phi) is 4.57. The predicted octanol–water partition coefficient (Wildman–Crippen LogP) is 0.419. The molecule has 0 aromatic carbocycles. The van der Waals surface area contributed by atoms with Gasteiger partial charge in [-0.3, -0.25) is 4.79 Å². The van der Waals surface area contributed by atoms with E-state index < -0.39 is 5.60 Å². The molecule has 1 saturated heterocycles. The second-order valence-electron chi connectivity index (χ2n) is 5.32. The van der Waals surface area contributed by atoms with Crippen LogP contribution in [0.3, 0.4) is 0 Å². The molecule has 20 heavy (non-hydrogen) atoms. The Morgan fingerprint density at radius 2 is 2.15 bits per heavy atom. The number of nitrogens with zero attached hydrogens (tertiary/aromatic N) is 2. The number of rotatable bonds is 4. The fourth-order valence-corrected chi connectivity index (χ4v) is 2.06. The minimum Gasteiger partial charge on any atom is -0.388 e. The molecule has 0 radical (unpaired) electrons. The molecule has 1 fully saturated rings. The van der Waals surface area contributed by atoms with Crippen molar-refractivity contribution < 1.29 is 14.6 Å². The second kappa shape index (κ2) is 6.19. The maximum absolute atomic E-state index is 12.0. The molecule has 6 nitrogen and oxygen atoms in total. The Morgan fingerprint density at radius 3 is 2.70 bits per heavy atom. The van der Waals surface area contributed by atoms with E-state index in [1.165, 1.54) is 0 Å². The van der Waals surface area contributed by atoms with Crippen molar-refractivity contribution in [1.29, 1.82) is 0 Å². The number of pyridine rings is 1. The topological polar surface area (TPSA) is 74.7 Å². The Hall–Kier alpha value is -1.66. The molecule has 2 heterocycles. The van der Waals surface area contributed by atoms with Crippen LogP contribution in [0.1, 0.15) is 23.2 Å². The summed E-state index contributed by atoms with van der Waals surface area (Å²) < 4.78 is 5.20. The summed E-state index contributed by atoms with van der Waals surface area (Å²) in [4.78, 5) is 18.1. The summed E-state index contributed by atoms with van der Waals surface area (Å²) in [6.07, 6.45) is 2.63. The minimum atomic E-state index is -0.856. The number of aromatic nitrogens is 1. The van der Waals surface area contributed by atoms with Crippen LogP contribution in [-0.2, 0) is 4.74 Å². The van der Waals surface area contributed by atoms with E-state index in [4.69, 9.17) is 4.74 Å². The first-order valence-corrected chi connectivity index (χ1v) is 6.72. The lowest BCUT2D eigenvalue weighted by Crippen LogP contribution is -2.46. The second-order valence-corrected chi connectivity index (χ2v) is 5.32. The molecule has 6 heteroatoms. The largest absolute Gasteiger partial charge is 0.388 e. The van der Waals surface area contributed by atoms with E-state index in [9.17, 15) is 9.90 Å². The maximum Gasteiger partial charge on any atom is 0.252 e. The first-order valence-electron chi connectivity index (χ1n) is 6.72. The number of carbonyl (C=O) groups excluding carboxylic acids is 1. The molecular formula is C14H21N3O3. The molecule has 1 amide bonds. The van der Waals surface area contributed by atoms with Crippen LogP contribution >= 0.6 is 0 Å². The van der Waals surface area contributed by atoms with E-state index >= 15 is 0 Å². The van der Waals surface area contributed by atoms with Gasteiger partial charge < -0.3 is 20.1 Å². The van der Waals surface area contributed by atoms with Crippen LogP contribution < -0.4 is 10.2 Å². The third-order valence-corrected chi connectivity index (χ3v) is 3.47. The van der Waals surface area contributed by atoms with E-state index in [0.717, 1.165) is 5.82 Å². The third-order valence-electron chi connectivity index (χ3n) is 3.47. The van der Waals surface area contributed by atoms with Gasteiger partial charge in [-0.25, -0.2) is 4.98 Å². The van der Waals surface area contributed by atoms with Crippen LogP contribution in [0.5, 0.6) is 0 Å². The molecule has 1 aromatic rings. The van der Waals surface area contributed by atoms with Crippen molar-refractivity contribution in [3.8, 4) is 0 Å². The van der Waals surface area contributed by atoms with Gasteiger partial charge in [0.1, 0.15) is 5.82 Å². The fraction of sp³-hybridized carbons (Fsp3) is 0.571. The van der Waals surface area contributed by atoms with Gasteiger partial charge in [-0.1, -0.05) is 0 Å².